The van der Waals surface area contributed by atoms with Crippen molar-refractivity contribution in [3.8, 4) is 11.4 Å². The molecule has 0 saturated carbocycles. The maximum Gasteiger partial charge on any atom is 1.00 e. The number of hydrogen-bond acceptors (Lipinski definition) is 5. The van der Waals surface area contributed by atoms with E-state index in [2.05, 4.69) is 26.1 Å². The van der Waals surface area contributed by atoms with Gasteiger partial charge in [-0.2, -0.15) is 13.4 Å². The topological polar surface area (TPSA) is 93.3 Å². The Hall–Kier alpha value is -0.250. The summed E-state index contributed by atoms with van der Waals surface area (Å²) in [4.78, 5) is 3.86. The minimum absolute atomic E-state index is 0. The van der Waals surface area contributed by atoms with Crippen LogP contribution in [-0.2, 0) is 15.9 Å². The Kier molecular flexibility index (Phi) is 5.50. The van der Waals surface area contributed by atoms with Gasteiger partial charge in [-0.15, -0.1) is 0 Å². The first-order valence-corrected chi connectivity index (χ1v) is 6.88. The van der Waals surface area contributed by atoms with Gasteiger partial charge in [0.15, 0.2) is 5.75 Å². The van der Waals surface area contributed by atoms with E-state index in [4.69, 9.17) is 9.08 Å². The van der Waals surface area contributed by atoms with Crippen LogP contribution in [0.1, 0.15) is 7.32 Å². The summed E-state index contributed by atoms with van der Waals surface area (Å²) in [7, 11) is -4.16. The van der Waals surface area contributed by atoms with Crippen LogP contribution in [-0.4, -0.2) is 23.1 Å². The summed E-state index contributed by atoms with van der Waals surface area (Å²) in [5.41, 5.74) is 0.693. The maximum atomic E-state index is 10.6. The quantitative estimate of drug-likeness (QED) is 0.568. The summed E-state index contributed by atoms with van der Waals surface area (Å²) >= 11 is 3.29. The molecule has 1 heterocycles. The molecule has 0 spiro atoms. The molecule has 0 aliphatic carbocycles. The standard InChI is InChI=1S/C9H7BrN2O4S.Na.H/c10-7-3-1-6(2-4-7)9-11-8(16-12-9)5-17(13,14)15;;/h1-4H,5H2,(H,13,14,15);;/q;+1;-1. The minimum Gasteiger partial charge on any atom is -1.00 e. The molecule has 0 radical (unpaired) electrons. The van der Waals surface area contributed by atoms with Crippen molar-refractivity contribution in [3.05, 3.63) is 34.6 Å². The SMILES string of the molecule is O=S(=O)(O)Cc1nc(-c2ccc(Br)cc2)no1.[H-].[Na+]. The van der Waals surface area contributed by atoms with Crippen molar-refractivity contribution in [3.63, 3.8) is 0 Å². The van der Waals surface area contributed by atoms with Crippen LogP contribution < -0.4 is 29.6 Å². The van der Waals surface area contributed by atoms with Gasteiger partial charge in [0.25, 0.3) is 10.1 Å². The van der Waals surface area contributed by atoms with Crippen LogP contribution >= 0.6 is 15.9 Å². The van der Waals surface area contributed by atoms with Gasteiger partial charge in [-0.1, -0.05) is 21.1 Å². The first kappa shape index (κ1) is 15.8. The molecule has 0 fully saturated rings. The molecule has 92 valence electrons. The third kappa shape index (κ3) is 4.45. The van der Waals surface area contributed by atoms with Crippen LogP contribution in [0.5, 0.6) is 0 Å². The minimum atomic E-state index is -4.16. The average Bonchev–Trinajstić information content (AvgIpc) is 2.64. The zero-order chi connectivity index (χ0) is 12.5. The molecule has 0 bridgehead atoms. The number of benzene rings is 1. The molecular weight excluding hydrogens is 335 g/mol. The largest absolute Gasteiger partial charge is 1.00 e. The molecule has 1 aromatic heterocycles. The number of hydrogen-bond donors (Lipinski definition) is 1. The van der Waals surface area contributed by atoms with Crippen LogP contribution in [0, 0.1) is 0 Å². The fourth-order valence-corrected chi connectivity index (χ4v) is 1.88. The molecule has 0 unspecified atom stereocenters. The Morgan fingerprint density at radius 2 is 1.94 bits per heavy atom. The van der Waals surface area contributed by atoms with Gasteiger partial charge >= 0.3 is 29.6 Å². The zero-order valence-corrected chi connectivity index (χ0v) is 13.8. The second kappa shape index (κ2) is 6.27. The van der Waals surface area contributed by atoms with Crippen molar-refractivity contribution in [1.29, 1.82) is 0 Å². The molecule has 0 saturated heterocycles. The summed E-state index contributed by atoms with van der Waals surface area (Å²) in [6, 6.07) is 7.11. The van der Waals surface area contributed by atoms with E-state index in [1.54, 1.807) is 24.3 Å². The Balaban J connectivity index is 0.00000162. The van der Waals surface area contributed by atoms with Crippen molar-refractivity contribution in [1.82, 2.24) is 10.1 Å². The molecule has 18 heavy (non-hydrogen) atoms. The zero-order valence-electron chi connectivity index (χ0n) is 10.4. The molecule has 6 nitrogen and oxygen atoms in total. The molecule has 0 aliphatic heterocycles. The molecule has 0 amide bonds. The van der Waals surface area contributed by atoms with E-state index in [9.17, 15) is 8.42 Å². The summed E-state index contributed by atoms with van der Waals surface area (Å²) in [5.74, 6) is -0.558. The van der Waals surface area contributed by atoms with E-state index in [0.29, 0.717) is 5.56 Å². The Morgan fingerprint density at radius 1 is 1.33 bits per heavy atom. The molecule has 1 N–H and O–H groups in total. The van der Waals surface area contributed by atoms with Gasteiger partial charge in [-0.3, -0.25) is 4.55 Å². The third-order valence-electron chi connectivity index (χ3n) is 1.88. The monoisotopic (exact) mass is 342 g/mol. The van der Waals surface area contributed by atoms with E-state index in [1.807, 2.05) is 0 Å². The summed E-state index contributed by atoms with van der Waals surface area (Å²) < 4.78 is 35.5. The number of aromatic nitrogens is 2. The van der Waals surface area contributed by atoms with Gasteiger partial charge in [0.2, 0.25) is 11.7 Å². The van der Waals surface area contributed by atoms with E-state index in [1.165, 1.54) is 0 Å². The van der Waals surface area contributed by atoms with E-state index in [-0.39, 0.29) is 42.7 Å². The van der Waals surface area contributed by atoms with Crippen molar-refractivity contribution in [2.24, 2.45) is 0 Å². The fraction of sp³-hybridized carbons (Fsp3) is 0.111. The van der Waals surface area contributed by atoms with Crippen molar-refractivity contribution >= 4 is 26.0 Å². The molecule has 2 rings (SSSR count). The van der Waals surface area contributed by atoms with E-state index >= 15 is 0 Å². The smallest absolute Gasteiger partial charge is 1.00 e. The number of nitrogens with zero attached hydrogens (tertiary/aromatic N) is 2. The van der Waals surface area contributed by atoms with Gasteiger partial charge in [0.05, 0.1) is 0 Å². The Labute approximate surface area is 135 Å². The van der Waals surface area contributed by atoms with Gasteiger partial charge in [0.1, 0.15) is 0 Å². The van der Waals surface area contributed by atoms with Gasteiger partial charge in [-0.05, 0) is 24.3 Å². The first-order valence-electron chi connectivity index (χ1n) is 4.48. The first-order chi connectivity index (χ1) is 7.94. The summed E-state index contributed by atoms with van der Waals surface area (Å²) in [6.07, 6.45) is 0. The van der Waals surface area contributed by atoms with Crippen LogP contribution in [0.15, 0.2) is 33.3 Å². The summed E-state index contributed by atoms with van der Waals surface area (Å²) in [6.45, 7) is 0. The maximum absolute atomic E-state index is 10.6. The van der Waals surface area contributed by atoms with Gasteiger partial charge in [-0.25, -0.2) is 0 Å². The molecule has 0 atom stereocenters. The van der Waals surface area contributed by atoms with Gasteiger partial charge in [0, 0.05) is 10.0 Å². The van der Waals surface area contributed by atoms with E-state index in [0.717, 1.165) is 4.47 Å². The molecular formula is C9H8BrN2NaO4S. The van der Waals surface area contributed by atoms with Crippen LogP contribution in [0.25, 0.3) is 11.4 Å². The Bertz CT molecular complexity index is 632. The van der Waals surface area contributed by atoms with Crippen LogP contribution in [0.2, 0.25) is 0 Å². The van der Waals surface area contributed by atoms with Gasteiger partial charge < -0.3 is 5.95 Å². The molecule has 1 aromatic carbocycles. The van der Waals surface area contributed by atoms with Crippen molar-refractivity contribution in [2.45, 2.75) is 5.75 Å². The van der Waals surface area contributed by atoms with E-state index < -0.39 is 15.9 Å². The predicted octanol–water partition coefficient (Wildman–Crippen LogP) is -0.997. The Morgan fingerprint density at radius 3 is 2.50 bits per heavy atom. The second-order valence-electron chi connectivity index (χ2n) is 3.24. The normalized spacial score (nSPS) is 11.0. The average molecular weight is 343 g/mol. The summed E-state index contributed by atoms with van der Waals surface area (Å²) in [5, 5.41) is 3.62. The predicted molar refractivity (Wildman–Crippen MR) is 63.8 cm³/mol. The molecule has 9 heteroatoms. The molecule has 0 aliphatic rings. The van der Waals surface area contributed by atoms with Crippen LogP contribution in [0.3, 0.4) is 0 Å². The number of halogens is 1. The second-order valence-corrected chi connectivity index (χ2v) is 5.61. The number of rotatable bonds is 3. The van der Waals surface area contributed by atoms with Crippen molar-refractivity contribution in [2.75, 3.05) is 0 Å². The third-order valence-corrected chi connectivity index (χ3v) is 3.02. The molecule has 2 aromatic rings. The fourth-order valence-electron chi connectivity index (χ4n) is 1.19. The van der Waals surface area contributed by atoms with Crippen LogP contribution in [0.4, 0.5) is 0 Å². The van der Waals surface area contributed by atoms with Crippen molar-refractivity contribution < 1.29 is 48.5 Å².